The highest BCUT2D eigenvalue weighted by Gasteiger charge is 2.17. The molecule has 230 valence electrons. The summed E-state index contributed by atoms with van der Waals surface area (Å²) in [6.07, 6.45) is 0. The third kappa shape index (κ3) is 4.70. The van der Waals surface area contributed by atoms with Crippen molar-refractivity contribution >= 4 is 81.3 Å². The zero-order chi connectivity index (χ0) is 32.3. The molecule has 0 radical (unpaired) electrons. The van der Waals surface area contributed by atoms with Crippen LogP contribution in [0.1, 0.15) is 0 Å². The Labute approximate surface area is 287 Å². The maximum Gasteiger partial charge on any atom is 0.143 e. The number of furan rings is 1. The Morgan fingerprint density at radius 3 is 1.98 bits per heavy atom. The summed E-state index contributed by atoms with van der Waals surface area (Å²) < 4.78 is 9.10. The van der Waals surface area contributed by atoms with E-state index >= 15 is 0 Å². The van der Waals surface area contributed by atoms with E-state index < -0.39 is 0 Å². The molecule has 0 aliphatic rings. The van der Waals surface area contributed by atoms with E-state index in [0.29, 0.717) is 0 Å². The number of anilines is 3. The lowest BCUT2D eigenvalue weighted by molar-refractivity contribution is 0.670. The molecular formula is C46H29NOS. The van der Waals surface area contributed by atoms with E-state index in [4.69, 9.17) is 4.42 Å². The smallest absolute Gasteiger partial charge is 0.143 e. The second-order valence-electron chi connectivity index (χ2n) is 12.6. The van der Waals surface area contributed by atoms with E-state index in [1.54, 1.807) is 0 Å². The SMILES string of the molecule is c1ccc(-c2ccc(N(c3cccc(-c4cccc5c4oc4ccccc45)c3)c3ccc4cc5sc6ccccc6c5cc4c3)cc2)cc1. The number of nitrogens with zero attached hydrogens (tertiary/aromatic N) is 1. The third-order valence-corrected chi connectivity index (χ3v) is 10.8. The molecule has 0 aliphatic heterocycles. The molecule has 0 amide bonds. The van der Waals surface area contributed by atoms with Crippen molar-refractivity contribution in [2.45, 2.75) is 0 Å². The van der Waals surface area contributed by atoms with Gasteiger partial charge in [0.1, 0.15) is 11.2 Å². The molecular weight excluding hydrogens is 615 g/mol. The molecule has 10 rings (SSSR count). The van der Waals surface area contributed by atoms with Crippen LogP contribution in [0.2, 0.25) is 0 Å². The molecule has 0 aliphatic carbocycles. The molecule has 10 aromatic rings. The van der Waals surface area contributed by atoms with Gasteiger partial charge in [0.25, 0.3) is 0 Å². The van der Waals surface area contributed by atoms with Gasteiger partial charge in [-0.3, -0.25) is 0 Å². The van der Waals surface area contributed by atoms with Crippen molar-refractivity contribution in [2.75, 3.05) is 4.90 Å². The Kier molecular flexibility index (Phi) is 6.39. The minimum absolute atomic E-state index is 0.907. The molecule has 2 heterocycles. The van der Waals surface area contributed by atoms with Gasteiger partial charge in [-0.25, -0.2) is 0 Å². The Morgan fingerprint density at radius 1 is 0.388 bits per heavy atom. The zero-order valence-corrected chi connectivity index (χ0v) is 27.3. The largest absolute Gasteiger partial charge is 0.455 e. The molecule has 0 spiro atoms. The van der Waals surface area contributed by atoms with Crippen molar-refractivity contribution in [3.63, 3.8) is 0 Å². The summed E-state index contributed by atoms with van der Waals surface area (Å²) in [6.45, 7) is 0. The quantitative estimate of drug-likeness (QED) is 0.186. The lowest BCUT2D eigenvalue weighted by Gasteiger charge is -2.26. The van der Waals surface area contributed by atoms with Crippen LogP contribution >= 0.6 is 11.3 Å². The van der Waals surface area contributed by atoms with E-state index in [1.165, 1.54) is 42.1 Å². The molecule has 2 nitrogen and oxygen atoms in total. The summed E-state index contributed by atoms with van der Waals surface area (Å²) in [4.78, 5) is 2.37. The van der Waals surface area contributed by atoms with Crippen molar-refractivity contribution in [3.05, 3.63) is 176 Å². The Balaban J connectivity index is 1.15. The maximum atomic E-state index is 6.46. The topological polar surface area (TPSA) is 16.4 Å². The van der Waals surface area contributed by atoms with Gasteiger partial charge in [0.2, 0.25) is 0 Å². The average Bonchev–Trinajstić information content (AvgIpc) is 3.73. The molecule has 0 saturated heterocycles. The van der Waals surface area contributed by atoms with Crippen molar-refractivity contribution in [2.24, 2.45) is 0 Å². The normalized spacial score (nSPS) is 11.7. The third-order valence-electron chi connectivity index (χ3n) is 9.63. The summed E-state index contributed by atoms with van der Waals surface area (Å²) in [5, 5.41) is 7.36. The Morgan fingerprint density at radius 2 is 1.08 bits per heavy atom. The molecule has 3 heteroatoms. The van der Waals surface area contributed by atoms with Crippen molar-refractivity contribution < 1.29 is 4.42 Å². The fourth-order valence-electron chi connectivity index (χ4n) is 7.26. The van der Waals surface area contributed by atoms with Gasteiger partial charge in [-0.15, -0.1) is 11.3 Å². The minimum Gasteiger partial charge on any atom is -0.455 e. The van der Waals surface area contributed by atoms with Crippen LogP contribution in [0.5, 0.6) is 0 Å². The lowest BCUT2D eigenvalue weighted by Crippen LogP contribution is -2.10. The average molecular weight is 644 g/mol. The molecule has 8 aromatic carbocycles. The van der Waals surface area contributed by atoms with Crippen LogP contribution < -0.4 is 4.90 Å². The summed E-state index contributed by atoms with van der Waals surface area (Å²) in [5.41, 5.74) is 9.71. The van der Waals surface area contributed by atoms with Gasteiger partial charge < -0.3 is 9.32 Å². The van der Waals surface area contributed by atoms with Gasteiger partial charge in [-0.1, -0.05) is 115 Å². The molecule has 0 unspecified atom stereocenters. The van der Waals surface area contributed by atoms with Crippen molar-refractivity contribution in [1.82, 2.24) is 0 Å². The summed E-state index contributed by atoms with van der Waals surface area (Å²) in [5.74, 6) is 0. The highest BCUT2D eigenvalue weighted by Crippen LogP contribution is 2.42. The van der Waals surface area contributed by atoms with Gasteiger partial charge in [0.05, 0.1) is 0 Å². The van der Waals surface area contributed by atoms with E-state index in [2.05, 4.69) is 169 Å². The fraction of sp³-hybridized carbons (Fsp3) is 0. The van der Waals surface area contributed by atoms with E-state index in [1.807, 2.05) is 23.5 Å². The van der Waals surface area contributed by atoms with Crippen LogP contribution in [0, 0.1) is 0 Å². The first-order valence-electron chi connectivity index (χ1n) is 16.6. The molecule has 0 N–H and O–H groups in total. The predicted molar refractivity (Wildman–Crippen MR) is 210 cm³/mol. The second kappa shape index (κ2) is 11.2. The predicted octanol–water partition coefficient (Wildman–Crippen LogP) is 13.9. The van der Waals surface area contributed by atoms with Gasteiger partial charge >= 0.3 is 0 Å². The Hall–Kier alpha value is -6.16. The summed E-state index contributed by atoms with van der Waals surface area (Å²) in [6, 6.07) is 63.3. The van der Waals surface area contributed by atoms with Crippen molar-refractivity contribution in [3.8, 4) is 22.3 Å². The number of benzene rings is 8. The molecule has 2 aromatic heterocycles. The number of hydrogen-bond acceptors (Lipinski definition) is 3. The first-order chi connectivity index (χ1) is 24.3. The first-order valence-corrected chi connectivity index (χ1v) is 17.4. The molecule has 0 fully saturated rings. The standard InChI is InChI=1S/C46H29NOS/c1-2-10-30(11-3-1)31-20-23-35(24-21-31)47(37-25-22-32-29-45-42(28-34(32)27-37)40-15-5-7-19-44(40)49-45)36-13-8-12-33(26-36)38-16-9-17-41-39-14-4-6-18-43(39)48-46(38)41/h1-29H. The van der Waals surface area contributed by atoms with Crippen LogP contribution in [0.4, 0.5) is 17.1 Å². The van der Waals surface area contributed by atoms with E-state index in [-0.39, 0.29) is 0 Å². The Bertz CT molecular complexity index is 2830. The van der Waals surface area contributed by atoms with E-state index in [0.717, 1.165) is 50.1 Å². The highest BCUT2D eigenvalue weighted by molar-refractivity contribution is 7.25. The highest BCUT2D eigenvalue weighted by atomic mass is 32.1. The second-order valence-corrected chi connectivity index (χ2v) is 13.6. The number of rotatable bonds is 5. The van der Waals surface area contributed by atoms with Gasteiger partial charge in [-0.2, -0.15) is 0 Å². The van der Waals surface area contributed by atoms with Crippen LogP contribution in [0.3, 0.4) is 0 Å². The lowest BCUT2D eigenvalue weighted by atomic mass is 10.0. The van der Waals surface area contributed by atoms with Crippen LogP contribution in [-0.4, -0.2) is 0 Å². The molecule has 0 saturated carbocycles. The fourth-order valence-corrected chi connectivity index (χ4v) is 8.40. The minimum atomic E-state index is 0.907. The van der Waals surface area contributed by atoms with Gasteiger partial charge in [0, 0.05) is 53.6 Å². The molecule has 0 atom stereocenters. The number of thiophene rings is 1. The monoisotopic (exact) mass is 643 g/mol. The van der Waals surface area contributed by atoms with Crippen molar-refractivity contribution in [1.29, 1.82) is 0 Å². The van der Waals surface area contributed by atoms with Crippen LogP contribution in [0.25, 0.3) is 75.1 Å². The van der Waals surface area contributed by atoms with Crippen LogP contribution in [-0.2, 0) is 0 Å². The number of para-hydroxylation sites is 2. The first kappa shape index (κ1) is 27.9. The maximum absolute atomic E-state index is 6.46. The van der Waals surface area contributed by atoms with Gasteiger partial charge in [-0.05, 0) is 88.1 Å². The number of fused-ring (bicyclic) bond motifs is 7. The van der Waals surface area contributed by atoms with Crippen LogP contribution in [0.15, 0.2) is 180 Å². The molecule has 0 bridgehead atoms. The summed E-state index contributed by atoms with van der Waals surface area (Å²) in [7, 11) is 0. The van der Waals surface area contributed by atoms with Gasteiger partial charge in [0.15, 0.2) is 0 Å². The van der Waals surface area contributed by atoms with E-state index in [9.17, 15) is 0 Å². The summed E-state index contributed by atoms with van der Waals surface area (Å²) >= 11 is 1.86. The molecule has 49 heavy (non-hydrogen) atoms. The zero-order valence-electron chi connectivity index (χ0n) is 26.5. The number of hydrogen-bond donors (Lipinski definition) is 0.